The van der Waals surface area contributed by atoms with Gasteiger partial charge in [-0.2, -0.15) is 0 Å². The highest BCUT2D eigenvalue weighted by molar-refractivity contribution is 6.69. The van der Waals surface area contributed by atoms with Crippen LogP contribution in [0.2, 0.25) is 11.6 Å². The Balaban J connectivity index is 2.56. The van der Waals surface area contributed by atoms with E-state index in [0.717, 1.165) is 18.8 Å². The summed E-state index contributed by atoms with van der Waals surface area (Å²) in [6.45, 7) is 8.18. The van der Waals surface area contributed by atoms with Crippen LogP contribution in [0.4, 0.5) is 0 Å². The highest BCUT2D eigenvalue weighted by Gasteiger charge is 2.45. The summed E-state index contributed by atoms with van der Waals surface area (Å²) < 4.78 is 12.5. The maximum absolute atomic E-state index is 6.25. The van der Waals surface area contributed by atoms with Crippen molar-refractivity contribution in [2.45, 2.75) is 83.7 Å². The van der Waals surface area contributed by atoms with Crippen molar-refractivity contribution in [1.82, 2.24) is 0 Å². The smallest absolute Gasteiger partial charge is 0.341 e. The number of unbranched alkanes of at least 4 members (excludes halogenated alkanes) is 3. The van der Waals surface area contributed by atoms with Crippen LogP contribution in [-0.4, -0.2) is 21.8 Å². The van der Waals surface area contributed by atoms with E-state index >= 15 is 0 Å². The third-order valence-electron chi connectivity index (χ3n) is 4.13. The molecule has 1 rings (SSSR count). The topological polar surface area (TPSA) is 18.5 Å². The van der Waals surface area contributed by atoms with Gasteiger partial charge in [0.05, 0.1) is 0 Å². The molecule has 0 atom stereocenters. The molecular weight excluding hydrogens is 240 g/mol. The van der Waals surface area contributed by atoms with Gasteiger partial charge in [0.1, 0.15) is 0 Å². The van der Waals surface area contributed by atoms with Crippen LogP contribution in [0.5, 0.6) is 0 Å². The standard InChI is InChI=1S/C15H32O2Si/c1-4-7-8-11-14-18(16-5-2,17-6-3)15-12-9-10-13-15/h15H,4-14H2,1-3H3. The van der Waals surface area contributed by atoms with Crippen molar-refractivity contribution < 1.29 is 8.85 Å². The molecule has 0 unspecified atom stereocenters. The molecule has 108 valence electrons. The average molecular weight is 273 g/mol. The van der Waals surface area contributed by atoms with E-state index in [9.17, 15) is 0 Å². The Labute approximate surface area is 115 Å². The monoisotopic (exact) mass is 272 g/mol. The van der Waals surface area contributed by atoms with Crippen molar-refractivity contribution in [1.29, 1.82) is 0 Å². The zero-order valence-corrected chi connectivity index (χ0v) is 13.7. The Hall–Kier alpha value is 0.137. The van der Waals surface area contributed by atoms with Gasteiger partial charge in [0.2, 0.25) is 0 Å². The van der Waals surface area contributed by atoms with Crippen molar-refractivity contribution in [3.63, 3.8) is 0 Å². The van der Waals surface area contributed by atoms with Crippen LogP contribution in [0, 0.1) is 0 Å². The van der Waals surface area contributed by atoms with E-state index in [1.807, 2.05) is 0 Å². The summed E-state index contributed by atoms with van der Waals surface area (Å²) in [5, 5.41) is 0. The minimum absolute atomic E-state index is 0.763. The molecule has 3 heteroatoms. The molecule has 0 spiro atoms. The van der Waals surface area contributed by atoms with E-state index in [1.165, 1.54) is 57.4 Å². The second-order valence-corrected chi connectivity index (χ2v) is 8.99. The summed E-state index contributed by atoms with van der Waals surface area (Å²) in [7, 11) is -1.91. The third kappa shape index (κ3) is 4.67. The van der Waals surface area contributed by atoms with Gasteiger partial charge in [-0.05, 0) is 32.7 Å². The van der Waals surface area contributed by atoms with Gasteiger partial charge < -0.3 is 8.85 Å². The van der Waals surface area contributed by atoms with E-state index in [2.05, 4.69) is 20.8 Å². The number of hydrogen-bond acceptors (Lipinski definition) is 2. The zero-order chi connectivity index (χ0) is 13.3. The summed E-state index contributed by atoms with van der Waals surface area (Å²) in [5.74, 6) is 0. The molecule has 1 saturated carbocycles. The Morgan fingerprint density at radius 2 is 1.50 bits per heavy atom. The minimum Gasteiger partial charge on any atom is -0.394 e. The second-order valence-electron chi connectivity index (χ2n) is 5.47. The van der Waals surface area contributed by atoms with Gasteiger partial charge in [0.15, 0.2) is 0 Å². The lowest BCUT2D eigenvalue weighted by molar-refractivity contribution is 0.170. The summed E-state index contributed by atoms with van der Waals surface area (Å²) >= 11 is 0. The molecule has 1 aliphatic rings. The molecule has 18 heavy (non-hydrogen) atoms. The van der Waals surface area contributed by atoms with Crippen LogP contribution >= 0.6 is 0 Å². The van der Waals surface area contributed by atoms with Crippen molar-refractivity contribution in [2.24, 2.45) is 0 Å². The van der Waals surface area contributed by atoms with Crippen LogP contribution in [0.1, 0.15) is 72.1 Å². The Morgan fingerprint density at radius 3 is 2.00 bits per heavy atom. The molecule has 0 aromatic heterocycles. The molecular formula is C15H32O2Si. The van der Waals surface area contributed by atoms with Gasteiger partial charge in [-0.3, -0.25) is 0 Å². The van der Waals surface area contributed by atoms with Gasteiger partial charge in [-0.15, -0.1) is 0 Å². The van der Waals surface area contributed by atoms with Crippen LogP contribution in [0.25, 0.3) is 0 Å². The maximum Gasteiger partial charge on any atom is 0.341 e. The summed E-state index contributed by atoms with van der Waals surface area (Å²) in [4.78, 5) is 0. The lowest BCUT2D eigenvalue weighted by atomic mass is 10.2. The molecule has 0 radical (unpaired) electrons. The molecule has 0 aromatic carbocycles. The molecule has 2 nitrogen and oxygen atoms in total. The first-order valence-electron chi connectivity index (χ1n) is 8.07. The Morgan fingerprint density at radius 1 is 0.889 bits per heavy atom. The summed E-state index contributed by atoms with van der Waals surface area (Å²) in [5.41, 5.74) is 0.763. The first-order chi connectivity index (χ1) is 8.79. The fourth-order valence-corrected chi connectivity index (χ4v) is 7.54. The van der Waals surface area contributed by atoms with E-state index in [1.54, 1.807) is 0 Å². The molecule has 1 fully saturated rings. The molecule has 0 N–H and O–H groups in total. The van der Waals surface area contributed by atoms with Crippen molar-refractivity contribution in [2.75, 3.05) is 13.2 Å². The fraction of sp³-hybridized carbons (Fsp3) is 1.00. The van der Waals surface area contributed by atoms with Gasteiger partial charge in [0, 0.05) is 18.8 Å². The molecule has 0 aromatic rings. The van der Waals surface area contributed by atoms with Crippen LogP contribution in [0.15, 0.2) is 0 Å². The molecule has 1 aliphatic carbocycles. The minimum atomic E-state index is -1.91. The predicted octanol–water partition coefficient (Wildman–Crippen LogP) is 5.03. The quantitative estimate of drug-likeness (QED) is 0.410. The first-order valence-corrected chi connectivity index (χ1v) is 10.2. The van der Waals surface area contributed by atoms with Crippen LogP contribution < -0.4 is 0 Å². The highest BCUT2D eigenvalue weighted by Crippen LogP contribution is 2.42. The first kappa shape index (κ1) is 16.2. The predicted molar refractivity (Wildman–Crippen MR) is 80.2 cm³/mol. The third-order valence-corrected chi connectivity index (χ3v) is 8.56. The largest absolute Gasteiger partial charge is 0.394 e. The average Bonchev–Trinajstić information content (AvgIpc) is 2.89. The van der Waals surface area contributed by atoms with E-state index < -0.39 is 8.56 Å². The Bertz CT molecular complexity index is 197. The molecule has 0 aliphatic heterocycles. The van der Waals surface area contributed by atoms with Gasteiger partial charge >= 0.3 is 8.56 Å². The lowest BCUT2D eigenvalue weighted by Crippen LogP contribution is -2.46. The van der Waals surface area contributed by atoms with Gasteiger partial charge in [-0.1, -0.05) is 45.4 Å². The normalized spacial score (nSPS) is 17.5. The van der Waals surface area contributed by atoms with Crippen molar-refractivity contribution in [3.8, 4) is 0 Å². The fourth-order valence-electron chi connectivity index (χ4n) is 3.28. The second kappa shape index (κ2) is 9.11. The van der Waals surface area contributed by atoms with Crippen molar-refractivity contribution >= 4 is 8.56 Å². The van der Waals surface area contributed by atoms with E-state index in [4.69, 9.17) is 8.85 Å². The van der Waals surface area contributed by atoms with Crippen LogP contribution in [0.3, 0.4) is 0 Å². The van der Waals surface area contributed by atoms with Gasteiger partial charge in [-0.25, -0.2) is 0 Å². The summed E-state index contributed by atoms with van der Waals surface area (Å²) in [6.07, 6.45) is 10.8. The van der Waals surface area contributed by atoms with Crippen LogP contribution in [-0.2, 0) is 8.85 Å². The number of hydrogen-bond donors (Lipinski definition) is 0. The summed E-state index contributed by atoms with van der Waals surface area (Å²) in [6, 6.07) is 1.22. The molecule has 0 heterocycles. The lowest BCUT2D eigenvalue weighted by Gasteiger charge is -2.35. The SMILES string of the molecule is CCCCCC[Si](OCC)(OCC)C1CCCC1. The zero-order valence-electron chi connectivity index (χ0n) is 12.7. The van der Waals surface area contributed by atoms with Gasteiger partial charge in [0.25, 0.3) is 0 Å². The molecule has 0 amide bonds. The van der Waals surface area contributed by atoms with E-state index in [0.29, 0.717) is 0 Å². The highest BCUT2D eigenvalue weighted by atomic mass is 28.4. The maximum atomic E-state index is 6.25. The van der Waals surface area contributed by atoms with Crippen molar-refractivity contribution in [3.05, 3.63) is 0 Å². The Kier molecular flexibility index (Phi) is 8.19. The van der Waals surface area contributed by atoms with E-state index in [-0.39, 0.29) is 0 Å². The molecule has 0 saturated heterocycles. The number of rotatable bonds is 10. The molecule has 0 bridgehead atoms.